The van der Waals surface area contributed by atoms with E-state index in [4.69, 9.17) is 4.55 Å². The van der Waals surface area contributed by atoms with Crippen LogP contribution in [0.5, 0.6) is 0 Å². The van der Waals surface area contributed by atoms with Gasteiger partial charge in [0.25, 0.3) is 10.1 Å². The van der Waals surface area contributed by atoms with Gasteiger partial charge in [-0.1, -0.05) is 6.07 Å². The molecule has 0 saturated carbocycles. The van der Waals surface area contributed by atoms with Gasteiger partial charge in [0, 0.05) is 19.1 Å². The molecule has 4 rings (SSSR count). The van der Waals surface area contributed by atoms with Gasteiger partial charge < -0.3 is 10.2 Å². The van der Waals surface area contributed by atoms with E-state index >= 15 is 0 Å². The second-order valence-electron chi connectivity index (χ2n) is 5.48. The molecule has 2 N–H and O–H groups in total. The Bertz CT molecular complexity index is 941. The van der Waals surface area contributed by atoms with Crippen molar-refractivity contribution in [2.45, 2.75) is 6.04 Å². The summed E-state index contributed by atoms with van der Waals surface area (Å²) in [4.78, 5) is 7.86. The molecule has 12 heteroatoms. The van der Waals surface area contributed by atoms with E-state index in [0.717, 1.165) is 29.5 Å². The summed E-state index contributed by atoms with van der Waals surface area (Å²) >= 11 is 1.65. The molecule has 1 saturated heterocycles. The number of rotatable bonds is 3. The molecule has 134 valence electrons. The Kier molecular flexibility index (Phi) is 4.94. The van der Waals surface area contributed by atoms with E-state index in [1.165, 1.54) is 0 Å². The molecule has 0 spiro atoms. The first-order valence-corrected chi connectivity index (χ1v) is 10.0. The van der Waals surface area contributed by atoms with Crippen molar-refractivity contribution in [1.29, 1.82) is 0 Å². The fraction of sp³-hybridized carbons (Fsp3) is 0.385. The van der Waals surface area contributed by atoms with Gasteiger partial charge in [-0.15, -0.1) is 16.4 Å². The number of hydrogen-bond acceptors (Lipinski definition) is 9. The smallest absolute Gasteiger partial charge is 0.261 e. The minimum Gasteiger partial charge on any atom is -0.350 e. The zero-order valence-electron chi connectivity index (χ0n) is 13.6. The summed E-state index contributed by atoms with van der Waals surface area (Å²) in [6.07, 6.45) is 2.56. The third-order valence-corrected chi connectivity index (χ3v) is 4.46. The van der Waals surface area contributed by atoms with Crippen molar-refractivity contribution >= 4 is 32.9 Å². The zero-order chi connectivity index (χ0) is 18.0. The van der Waals surface area contributed by atoms with E-state index in [0.29, 0.717) is 17.9 Å². The van der Waals surface area contributed by atoms with Crippen molar-refractivity contribution in [2.24, 2.45) is 0 Å². The highest BCUT2D eigenvalue weighted by Gasteiger charge is 2.29. The standard InChI is InChI=1S/C12H13N7S.CH4O3S/c1-13-8-6-18(7-8)11-12-15-16-17-19(12)9(5-14-11)10-3-2-4-20-10;1-5(2,3)4/h2-5,8,13H,6-7H2,1H3;1H3,(H,2,3,4). The van der Waals surface area contributed by atoms with Gasteiger partial charge in [-0.3, -0.25) is 4.55 Å². The predicted octanol–water partition coefficient (Wildman–Crippen LogP) is 0.160. The average molecular weight is 383 g/mol. The summed E-state index contributed by atoms with van der Waals surface area (Å²) in [5.41, 5.74) is 1.64. The summed E-state index contributed by atoms with van der Waals surface area (Å²) < 4.78 is 27.6. The van der Waals surface area contributed by atoms with Crippen LogP contribution in [0.15, 0.2) is 23.7 Å². The van der Waals surface area contributed by atoms with Crippen molar-refractivity contribution in [2.75, 3.05) is 31.3 Å². The Labute approximate surface area is 148 Å². The molecule has 0 aliphatic carbocycles. The summed E-state index contributed by atoms with van der Waals surface area (Å²) in [5, 5.41) is 17.3. The fourth-order valence-electron chi connectivity index (χ4n) is 2.37. The summed E-state index contributed by atoms with van der Waals surface area (Å²) in [5.74, 6) is 0.849. The minimum absolute atomic E-state index is 0.518. The van der Waals surface area contributed by atoms with E-state index < -0.39 is 10.1 Å². The van der Waals surface area contributed by atoms with E-state index in [1.54, 1.807) is 15.9 Å². The lowest BCUT2D eigenvalue weighted by atomic mass is 10.1. The molecule has 0 aromatic carbocycles. The van der Waals surface area contributed by atoms with Crippen LogP contribution in [0.1, 0.15) is 0 Å². The number of hydrogen-bond donors (Lipinski definition) is 2. The second-order valence-corrected chi connectivity index (χ2v) is 7.90. The van der Waals surface area contributed by atoms with Crippen LogP contribution in [0.3, 0.4) is 0 Å². The number of nitrogens with one attached hydrogen (secondary N) is 1. The number of anilines is 1. The number of nitrogens with zero attached hydrogens (tertiary/aromatic N) is 6. The third-order valence-electron chi connectivity index (χ3n) is 3.57. The zero-order valence-corrected chi connectivity index (χ0v) is 15.2. The van der Waals surface area contributed by atoms with Crippen LogP contribution >= 0.6 is 11.3 Å². The van der Waals surface area contributed by atoms with E-state index in [-0.39, 0.29) is 0 Å². The van der Waals surface area contributed by atoms with Crippen molar-refractivity contribution in [3.63, 3.8) is 0 Å². The van der Waals surface area contributed by atoms with Gasteiger partial charge in [-0.05, 0) is 28.9 Å². The Morgan fingerprint density at radius 3 is 2.72 bits per heavy atom. The van der Waals surface area contributed by atoms with Crippen LogP contribution in [0.25, 0.3) is 16.2 Å². The molecule has 1 fully saturated rings. The van der Waals surface area contributed by atoms with Crippen molar-refractivity contribution in [3.8, 4) is 10.6 Å². The van der Waals surface area contributed by atoms with Crippen LogP contribution in [0.2, 0.25) is 0 Å². The molecule has 0 radical (unpaired) electrons. The van der Waals surface area contributed by atoms with Crippen LogP contribution in [-0.4, -0.2) is 70.4 Å². The molecule has 3 aromatic rings. The fourth-order valence-corrected chi connectivity index (χ4v) is 3.09. The lowest BCUT2D eigenvalue weighted by Crippen LogP contribution is -2.57. The molecule has 0 unspecified atom stereocenters. The lowest BCUT2D eigenvalue weighted by molar-refractivity contribution is 0.447. The molecule has 10 nitrogen and oxygen atoms in total. The van der Waals surface area contributed by atoms with Crippen LogP contribution < -0.4 is 10.2 Å². The topological polar surface area (TPSA) is 126 Å². The maximum Gasteiger partial charge on any atom is 0.261 e. The van der Waals surface area contributed by atoms with Crippen molar-refractivity contribution in [3.05, 3.63) is 23.7 Å². The van der Waals surface area contributed by atoms with Gasteiger partial charge in [0.1, 0.15) is 5.69 Å². The molecule has 4 heterocycles. The molecule has 3 aromatic heterocycles. The van der Waals surface area contributed by atoms with Gasteiger partial charge in [-0.25, -0.2) is 4.98 Å². The quantitative estimate of drug-likeness (QED) is 0.608. The number of likely N-dealkylation sites (N-methyl/N-ethyl adjacent to an activating group) is 1. The second kappa shape index (κ2) is 7.00. The highest BCUT2D eigenvalue weighted by Crippen LogP contribution is 2.28. The van der Waals surface area contributed by atoms with E-state index in [2.05, 4.69) is 30.7 Å². The van der Waals surface area contributed by atoms with Gasteiger partial charge in [-0.2, -0.15) is 12.9 Å². The van der Waals surface area contributed by atoms with Gasteiger partial charge >= 0.3 is 0 Å². The number of fused-ring (bicyclic) bond motifs is 1. The summed E-state index contributed by atoms with van der Waals surface area (Å²) in [6, 6.07) is 4.57. The highest BCUT2D eigenvalue weighted by molar-refractivity contribution is 7.85. The first kappa shape index (κ1) is 17.7. The SMILES string of the molecule is CNC1CN(c2ncc(-c3cccs3)n3nnnc23)C1.CS(=O)(=O)O. The molecule has 25 heavy (non-hydrogen) atoms. The molecular formula is C13H17N7O3S2. The molecule has 1 aliphatic rings. The first-order chi connectivity index (χ1) is 11.9. The molecule has 0 bridgehead atoms. The number of thiophene rings is 1. The van der Waals surface area contributed by atoms with Gasteiger partial charge in [0.15, 0.2) is 5.82 Å². The largest absolute Gasteiger partial charge is 0.350 e. The number of tetrazole rings is 1. The maximum absolute atomic E-state index is 9.19. The monoisotopic (exact) mass is 383 g/mol. The molecule has 1 aliphatic heterocycles. The van der Waals surface area contributed by atoms with Gasteiger partial charge in [0.05, 0.1) is 17.3 Å². The lowest BCUT2D eigenvalue weighted by Gasteiger charge is -2.39. The first-order valence-electron chi connectivity index (χ1n) is 7.32. The predicted molar refractivity (Wildman–Crippen MR) is 94.4 cm³/mol. The van der Waals surface area contributed by atoms with E-state index in [1.807, 2.05) is 30.8 Å². The Hall–Kier alpha value is -2.15. The van der Waals surface area contributed by atoms with Crippen molar-refractivity contribution < 1.29 is 13.0 Å². The van der Waals surface area contributed by atoms with Crippen molar-refractivity contribution in [1.82, 2.24) is 30.3 Å². The highest BCUT2D eigenvalue weighted by atomic mass is 32.2. The van der Waals surface area contributed by atoms with Crippen LogP contribution in [-0.2, 0) is 10.1 Å². The third kappa shape index (κ3) is 4.10. The number of aromatic nitrogens is 5. The Morgan fingerprint density at radius 2 is 2.12 bits per heavy atom. The molecule has 0 amide bonds. The molecular weight excluding hydrogens is 366 g/mol. The van der Waals surface area contributed by atoms with E-state index in [9.17, 15) is 8.42 Å². The Balaban J connectivity index is 0.000000324. The van der Waals surface area contributed by atoms with Crippen LogP contribution in [0.4, 0.5) is 5.82 Å². The maximum atomic E-state index is 9.19. The average Bonchev–Trinajstić information content (AvgIpc) is 3.16. The summed E-state index contributed by atoms with van der Waals surface area (Å²) in [6.45, 7) is 1.87. The summed E-state index contributed by atoms with van der Waals surface area (Å²) in [7, 11) is -1.69. The van der Waals surface area contributed by atoms with Crippen LogP contribution in [0, 0.1) is 0 Å². The minimum atomic E-state index is -3.67. The molecule has 0 atom stereocenters. The Morgan fingerprint density at radius 1 is 1.40 bits per heavy atom. The van der Waals surface area contributed by atoms with Gasteiger partial charge in [0.2, 0.25) is 5.65 Å². The normalized spacial score (nSPS) is 14.9.